The number of ether oxygens (including phenoxy) is 1. The number of carbonyl (C=O) groups excluding carboxylic acids is 2. The van der Waals surface area contributed by atoms with E-state index in [1.54, 1.807) is 11.8 Å². The summed E-state index contributed by atoms with van der Waals surface area (Å²) in [7, 11) is 0. The summed E-state index contributed by atoms with van der Waals surface area (Å²) in [4.78, 5) is 38.1. The highest BCUT2D eigenvalue weighted by Gasteiger charge is 2.33. The molecule has 7 heteroatoms. The van der Waals surface area contributed by atoms with Gasteiger partial charge in [-0.15, -0.1) is 0 Å². The van der Waals surface area contributed by atoms with Crippen LogP contribution >= 0.6 is 0 Å². The van der Waals surface area contributed by atoms with Crippen LogP contribution in [-0.4, -0.2) is 53.7 Å². The van der Waals surface area contributed by atoms with E-state index in [0.29, 0.717) is 13.0 Å². The van der Waals surface area contributed by atoms with Crippen molar-refractivity contribution < 1.29 is 24.2 Å². The maximum Gasteiger partial charge on any atom is 0.407 e. The van der Waals surface area contributed by atoms with Gasteiger partial charge in [0.1, 0.15) is 6.61 Å². The van der Waals surface area contributed by atoms with E-state index in [1.807, 2.05) is 31.2 Å². The molecule has 7 nitrogen and oxygen atoms in total. The first-order valence-electron chi connectivity index (χ1n) is 11.5. The Labute approximate surface area is 193 Å². The average molecular weight is 451 g/mol. The summed E-state index contributed by atoms with van der Waals surface area (Å²) < 4.78 is 5.55. The molecule has 2 aromatic rings. The molecule has 1 aliphatic carbocycles. The first-order valence-corrected chi connectivity index (χ1v) is 11.5. The zero-order valence-electron chi connectivity index (χ0n) is 19.0. The average Bonchev–Trinajstić information content (AvgIpc) is 3.11. The van der Waals surface area contributed by atoms with Gasteiger partial charge in [-0.3, -0.25) is 9.59 Å². The Morgan fingerprint density at radius 2 is 1.67 bits per heavy atom. The third-order valence-corrected chi connectivity index (χ3v) is 6.55. The molecule has 1 saturated heterocycles. The molecule has 0 saturated carbocycles. The van der Waals surface area contributed by atoms with Crippen LogP contribution in [0.4, 0.5) is 4.79 Å². The minimum Gasteiger partial charge on any atom is -0.481 e. The van der Waals surface area contributed by atoms with Crippen molar-refractivity contribution >= 4 is 18.0 Å². The van der Waals surface area contributed by atoms with Crippen molar-refractivity contribution in [3.05, 3.63) is 59.7 Å². The van der Waals surface area contributed by atoms with Crippen LogP contribution in [0.3, 0.4) is 0 Å². The van der Waals surface area contributed by atoms with Crippen LogP contribution in [0.25, 0.3) is 11.1 Å². The van der Waals surface area contributed by atoms with Crippen molar-refractivity contribution in [3.8, 4) is 11.1 Å². The lowest BCUT2D eigenvalue weighted by atomic mass is 9.90. The maximum absolute atomic E-state index is 12.7. The minimum absolute atomic E-state index is 0.0251. The summed E-state index contributed by atoms with van der Waals surface area (Å²) in [6, 6.07) is 15.9. The van der Waals surface area contributed by atoms with E-state index in [0.717, 1.165) is 22.3 Å². The largest absolute Gasteiger partial charge is 0.481 e. The van der Waals surface area contributed by atoms with Crippen molar-refractivity contribution in [2.75, 3.05) is 19.7 Å². The van der Waals surface area contributed by atoms with E-state index < -0.39 is 24.0 Å². The van der Waals surface area contributed by atoms with Gasteiger partial charge in [-0.2, -0.15) is 0 Å². The standard InChI is InChI=1S/C26H30N2O5/c1-16-11-18(25(30)31)14-28(13-16)24(29)12-17(2)27-26(32)33-15-23-21-9-5-3-7-19(21)20-8-4-6-10-22(20)23/h3-10,16-18,23H,11-15H2,1-2H3,(H,27,32)(H,30,31). The van der Waals surface area contributed by atoms with E-state index in [1.165, 1.54) is 0 Å². The van der Waals surface area contributed by atoms with Crippen molar-refractivity contribution in [1.82, 2.24) is 10.2 Å². The summed E-state index contributed by atoms with van der Waals surface area (Å²) >= 11 is 0. The smallest absolute Gasteiger partial charge is 0.407 e. The number of fused-ring (bicyclic) bond motifs is 3. The molecule has 2 amide bonds. The van der Waals surface area contributed by atoms with Gasteiger partial charge >= 0.3 is 12.1 Å². The van der Waals surface area contributed by atoms with E-state index in [-0.39, 0.29) is 37.3 Å². The zero-order valence-corrected chi connectivity index (χ0v) is 19.0. The van der Waals surface area contributed by atoms with E-state index in [2.05, 4.69) is 29.6 Å². The highest BCUT2D eigenvalue weighted by atomic mass is 16.5. The molecule has 2 aromatic carbocycles. The third-order valence-electron chi connectivity index (χ3n) is 6.55. The highest BCUT2D eigenvalue weighted by Crippen LogP contribution is 2.44. The Morgan fingerprint density at radius 3 is 2.27 bits per heavy atom. The van der Waals surface area contributed by atoms with Crippen LogP contribution in [0.2, 0.25) is 0 Å². The van der Waals surface area contributed by atoms with E-state index in [9.17, 15) is 19.5 Å². The molecular formula is C26H30N2O5. The fraction of sp³-hybridized carbons (Fsp3) is 0.423. The molecule has 4 rings (SSSR count). The minimum atomic E-state index is -0.871. The Balaban J connectivity index is 1.31. The Bertz CT molecular complexity index is 1010. The molecular weight excluding hydrogens is 420 g/mol. The Morgan fingerprint density at radius 1 is 1.06 bits per heavy atom. The molecule has 0 bridgehead atoms. The number of aliphatic carboxylic acids is 1. The fourth-order valence-corrected chi connectivity index (χ4v) is 5.02. The molecule has 2 N–H and O–H groups in total. The first-order chi connectivity index (χ1) is 15.8. The number of carbonyl (C=O) groups is 3. The monoisotopic (exact) mass is 450 g/mol. The number of nitrogens with one attached hydrogen (secondary N) is 1. The van der Waals surface area contributed by atoms with Gasteiger partial charge in [0, 0.05) is 31.5 Å². The molecule has 1 aliphatic heterocycles. The summed E-state index contributed by atoms with van der Waals surface area (Å²) in [5.41, 5.74) is 4.61. The third kappa shape index (κ3) is 5.02. The number of carboxylic acids is 1. The lowest BCUT2D eigenvalue weighted by Gasteiger charge is -2.35. The number of hydrogen-bond donors (Lipinski definition) is 2. The Hall–Kier alpha value is -3.35. The normalized spacial score (nSPS) is 20.5. The van der Waals surface area contributed by atoms with Crippen LogP contribution in [0, 0.1) is 11.8 Å². The predicted octanol–water partition coefficient (Wildman–Crippen LogP) is 3.87. The van der Waals surface area contributed by atoms with Gasteiger partial charge in [0.05, 0.1) is 5.92 Å². The molecule has 1 heterocycles. The number of carboxylic acid groups (broad SMARTS) is 1. The Kier molecular flexibility index (Phi) is 6.67. The van der Waals surface area contributed by atoms with Crippen molar-refractivity contribution in [2.24, 2.45) is 11.8 Å². The fourth-order valence-electron chi connectivity index (χ4n) is 5.02. The van der Waals surface area contributed by atoms with Gasteiger partial charge in [0.25, 0.3) is 0 Å². The van der Waals surface area contributed by atoms with Gasteiger partial charge < -0.3 is 20.1 Å². The van der Waals surface area contributed by atoms with Gasteiger partial charge in [-0.1, -0.05) is 55.5 Å². The first kappa shape index (κ1) is 22.8. The lowest BCUT2D eigenvalue weighted by Crippen LogP contribution is -2.47. The maximum atomic E-state index is 12.7. The molecule has 3 unspecified atom stereocenters. The number of alkyl carbamates (subject to hydrolysis) is 1. The molecule has 0 aromatic heterocycles. The number of nitrogens with zero attached hydrogens (tertiary/aromatic N) is 1. The van der Waals surface area contributed by atoms with E-state index >= 15 is 0 Å². The SMILES string of the molecule is CC1CC(C(=O)O)CN(C(=O)CC(C)NC(=O)OCC2c3ccccc3-c3ccccc32)C1. The highest BCUT2D eigenvalue weighted by molar-refractivity contribution is 5.80. The summed E-state index contributed by atoms with van der Waals surface area (Å²) in [5, 5.41) is 12.1. The van der Waals surface area contributed by atoms with Gasteiger partial charge in [-0.25, -0.2) is 4.79 Å². The van der Waals surface area contributed by atoms with Crippen molar-refractivity contribution in [2.45, 2.75) is 38.6 Å². The second-order valence-electron chi connectivity index (χ2n) is 9.25. The number of amides is 2. The zero-order chi connectivity index (χ0) is 23.5. The number of rotatable bonds is 6. The number of hydrogen-bond acceptors (Lipinski definition) is 4. The summed E-state index contributed by atoms with van der Waals surface area (Å²) in [6.45, 7) is 4.68. The second kappa shape index (κ2) is 9.65. The summed E-state index contributed by atoms with van der Waals surface area (Å²) in [5.74, 6) is -1.46. The number of piperidine rings is 1. The summed E-state index contributed by atoms with van der Waals surface area (Å²) in [6.07, 6.45) is 0.114. The van der Waals surface area contributed by atoms with Gasteiger partial charge in [0.15, 0.2) is 0 Å². The van der Waals surface area contributed by atoms with Crippen LogP contribution in [-0.2, 0) is 14.3 Å². The quantitative estimate of drug-likeness (QED) is 0.697. The molecule has 174 valence electrons. The predicted molar refractivity (Wildman–Crippen MR) is 124 cm³/mol. The van der Waals surface area contributed by atoms with Crippen molar-refractivity contribution in [3.63, 3.8) is 0 Å². The van der Waals surface area contributed by atoms with Crippen LogP contribution in [0.1, 0.15) is 43.7 Å². The number of likely N-dealkylation sites (tertiary alicyclic amines) is 1. The molecule has 33 heavy (non-hydrogen) atoms. The van der Waals surface area contributed by atoms with E-state index in [4.69, 9.17) is 4.74 Å². The molecule has 2 aliphatic rings. The molecule has 1 fully saturated rings. The number of benzene rings is 2. The molecule has 0 radical (unpaired) electrons. The van der Waals surface area contributed by atoms with Crippen molar-refractivity contribution in [1.29, 1.82) is 0 Å². The van der Waals surface area contributed by atoms with Crippen LogP contribution < -0.4 is 5.32 Å². The topological polar surface area (TPSA) is 95.9 Å². The lowest BCUT2D eigenvalue weighted by molar-refractivity contribution is -0.147. The van der Waals surface area contributed by atoms with Crippen LogP contribution in [0.15, 0.2) is 48.5 Å². The molecule has 0 spiro atoms. The molecule has 3 atom stereocenters. The second-order valence-corrected chi connectivity index (χ2v) is 9.25. The van der Waals surface area contributed by atoms with Crippen LogP contribution in [0.5, 0.6) is 0 Å². The van der Waals surface area contributed by atoms with Gasteiger partial charge in [-0.05, 0) is 41.5 Å². The van der Waals surface area contributed by atoms with Gasteiger partial charge in [0.2, 0.25) is 5.91 Å².